The second kappa shape index (κ2) is 10.3. The van der Waals surface area contributed by atoms with E-state index in [4.69, 9.17) is 4.74 Å². The predicted octanol–water partition coefficient (Wildman–Crippen LogP) is 4.00. The van der Waals surface area contributed by atoms with Gasteiger partial charge in [0.1, 0.15) is 18.9 Å². The molecule has 0 aliphatic rings. The molecule has 0 fully saturated rings. The summed E-state index contributed by atoms with van der Waals surface area (Å²) in [7, 11) is -3.92. The van der Waals surface area contributed by atoms with Crippen LogP contribution in [0.25, 0.3) is 0 Å². The van der Waals surface area contributed by atoms with Gasteiger partial charge in [0.15, 0.2) is 0 Å². The molecule has 0 bridgehead atoms. The molecule has 0 saturated heterocycles. The molecule has 0 atom stereocenters. The minimum Gasteiger partial charge on any atom is -0.492 e. The highest BCUT2D eigenvalue weighted by molar-refractivity contribution is 7.92. The van der Waals surface area contributed by atoms with Gasteiger partial charge in [-0.2, -0.15) is 0 Å². The van der Waals surface area contributed by atoms with Crippen LogP contribution >= 0.6 is 0 Å². The van der Waals surface area contributed by atoms with Crippen molar-refractivity contribution in [2.24, 2.45) is 0 Å². The molecule has 168 valence electrons. The first kappa shape index (κ1) is 23.3. The standard InChI is InChI=1S/C25H28N2O4S/c1-19-4-10-22(11-5-19)27(32(29,30)24-14-8-21(3)9-15-24)18-25(28)26-16-17-31-23-12-6-20(2)7-13-23/h4-15H,16-18H2,1-3H3,(H,26,28). The second-order valence-electron chi connectivity index (χ2n) is 7.67. The van der Waals surface area contributed by atoms with Gasteiger partial charge in [0.25, 0.3) is 10.0 Å². The van der Waals surface area contributed by atoms with Gasteiger partial charge in [-0.1, -0.05) is 53.1 Å². The topological polar surface area (TPSA) is 75.7 Å². The van der Waals surface area contributed by atoms with Gasteiger partial charge in [0.2, 0.25) is 5.91 Å². The van der Waals surface area contributed by atoms with E-state index in [1.807, 2.05) is 57.2 Å². The summed E-state index contributed by atoms with van der Waals surface area (Å²) in [6.07, 6.45) is 0. The Morgan fingerprint density at radius 3 is 1.88 bits per heavy atom. The molecule has 3 rings (SSSR count). The molecule has 0 radical (unpaired) electrons. The number of nitrogens with zero attached hydrogens (tertiary/aromatic N) is 1. The average molecular weight is 453 g/mol. The number of sulfonamides is 1. The van der Waals surface area contributed by atoms with Gasteiger partial charge in [-0.25, -0.2) is 8.42 Å². The van der Waals surface area contributed by atoms with Crippen molar-refractivity contribution in [3.63, 3.8) is 0 Å². The summed E-state index contributed by atoms with van der Waals surface area (Å²) in [5.74, 6) is 0.307. The zero-order valence-electron chi connectivity index (χ0n) is 18.5. The Morgan fingerprint density at radius 1 is 0.812 bits per heavy atom. The summed E-state index contributed by atoms with van der Waals surface area (Å²) >= 11 is 0. The number of amides is 1. The molecule has 3 aromatic rings. The smallest absolute Gasteiger partial charge is 0.264 e. The lowest BCUT2D eigenvalue weighted by molar-refractivity contribution is -0.119. The van der Waals surface area contributed by atoms with Gasteiger partial charge < -0.3 is 10.1 Å². The first-order valence-corrected chi connectivity index (χ1v) is 11.8. The molecular formula is C25H28N2O4S. The van der Waals surface area contributed by atoms with Gasteiger partial charge in [-0.3, -0.25) is 9.10 Å². The largest absolute Gasteiger partial charge is 0.492 e. The SMILES string of the molecule is Cc1ccc(OCCNC(=O)CN(c2ccc(C)cc2)S(=O)(=O)c2ccc(C)cc2)cc1. The lowest BCUT2D eigenvalue weighted by Gasteiger charge is -2.24. The number of rotatable bonds is 9. The molecular weight excluding hydrogens is 424 g/mol. The van der Waals surface area contributed by atoms with Crippen molar-refractivity contribution in [3.05, 3.63) is 89.5 Å². The Morgan fingerprint density at radius 2 is 1.31 bits per heavy atom. The van der Waals surface area contributed by atoms with Gasteiger partial charge in [-0.15, -0.1) is 0 Å². The maximum Gasteiger partial charge on any atom is 0.264 e. The van der Waals surface area contributed by atoms with E-state index in [2.05, 4.69) is 5.32 Å². The molecule has 7 heteroatoms. The summed E-state index contributed by atoms with van der Waals surface area (Å²) in [4.78, 5) is 12.7. The summed E-state index contributed by atoms with van der Waals surface area (Å²) < 4.78 is 33.4. The van der Waals surface area contributed by atoms with E-state index in [0.29, 0.717) is 11.4 Å². The number of carbonyl (C=O) groups excluding carboxylic acids is 1. The van der Waals surface area contributed by atoms with E-state index in [9.17, 15) is 13.2 Å². The fraction of sp³-hybridized carbons (Fsp3) is 0.240. The lowest BCUT2D eigenvalue weighted by Crippen LogP contribution is -2.41. The summed E-state index contributed by atoms with van der Waals surface area (Å²) in [6, 6.07) is 21.3. The highest BCUT2D eigenvalue weighted by atomic mass is 32.2. The van der Waals surface area contributed by atoms with Crippen molar-refractivity contribution < 1.29 is 17.9 Å². The highest BCUT2D eigenvalue weighted by Gasteiger charge is 2.27. The molecule has 0 unspecified atom stereocenters. The number of hydrogen-bond acceptors (Lipinski definition) is 4. The quantitative estimate of drug-likeness (QED) is 0.498. The maximum absolute atomic E-state index is 13.3. The molecule has 0 heterocycles. The minimum absolute atomic E-state index is 0.138. The Labute approximate surface area is 189 Å². The molecule has 0 aliphatic heterocycles. The van der Waals surface area contributed by atoms with Crippen molar-refractivity contribution in [2.75, 3.05) is 24.0 Å². The Bertz CT molecular complexity index is 1140. The summed E-state index contributed by atoms with van der Waals surface area (Å²) in [6.45, 7) is 6.02. The van der Waals surface area contributed by atoms with Crippen molar-refractivity contribution in [1.29, 1.82) is 0 Å². The van der Waals surface area contributed by atoms with Crippen LogP contribution in [0.1, 0.15) is 16.7 Å². The molecule has 32 heavy (non-hydrogen) atoms. The lowest BCUT2D eigenvalue weighted by atomic mass is 10.2. The van der Waals surface area contributed by atoms with Crippen molar-refractivity contribution in [1.82, 2.24) is 5.32 Å². The van der Waals surface area contributed by atoms with E-state index in [0.717, 1.165) is 21.0 Å². The summed E-state index contributed by atoms with van der Waals surface area (Å²) in [5, 5.41) is 2.74. The van der Waals surface area contributed by atoms with Crippen molar-refractivity contribution in [2.45, 2.75) is 25.7 Å². The minimum atomic E-state index is -3.92. The number of benzene rings is 3. The number of nitrogens with one attached hydrogen (secondary N) is 1. The molecule has 0 saturated carbocycles. The zero-order chi connectivity index (χ0) is 23.1. The maximum atomic E-state index is 13.3. The van der Waals surface area contributed by atoms with Crippen LogP contribution in [0.2, 0.25) is 0 Å². The van der Waals surface area contributed by atoms with E-state index in [1.165, 1.54) is 0 Å². The number of aryl methyl sites for hydroxylation is 3. The Kier molecular flexibility index (Phi) is 7.53. The van der Waals surface area contributed by atoms with Crippen LogP contribution < -0.4 is 14.4 Å². The van der Waals surface area contributed by atoms with Crippen LogP contribution in [0.4, 0.5) is 5.69 Å². The van der Waals surface area contributed by atoms with Gasteiger partial charge in [0, 0.05) is 0 Å². The average Bonchev–Trinajstić information content (AvgIpc) is 2.77. The number of carbonyl (C=O) groups is 1. The van der Waals surface area contributed by atoms with E-state index in [-0.39, 0.29) is 24.6 Å². The second-order valence-corrected chi connectivity index (χ2v) is 9.53. The van der Waals surface area contributed by atoms with Crippen LogP contribution in [0, 0.1) is 20.8 Å². The van der Waals surface area contributed by atoms with Crippen molar-refractivity contribution in [3.8, 4) is 5.75 Å². The van der Waals surface area contributed by atoms with Gasteiger partial charge in [-0.05, 0) is 57.2 Å². The monoisotopic (exact) mass is 452 g/mol. The van der Waals surface area contributed by atoms with Crippen molar-refractivity contribution >= 4 is 21.6 Å². The highest BCUT2D eigenvalue weighted by Crippen LogP contribution is 2.24. The van der Waals surface area contributed by atoms with E-state index >= 15 is 0 Å². The molecule has 1 amide bonds. The van der Waals surface area contributed by atoms with Crippen LogP contribution in [0.3, 0.4) is 0 Å². The van der Waals surface area contributed by atoms with Gasteiger partial charge >= 0.3 is 0 Å². The van der Waals surface area contributed by atoms with Crippen LogP contribution in [-0.2, 0) is 14.8 Å². The molecule has 6 nitrogen and oxygen atoms in total. The predicted molar refractivity (Wildman–Crippen MR) is 127 cm³/mol. The molecule has 1 N–H and O–H groups in total. The molecule has 3 aromatic carbocycles. The third kappa shape index (κ3) is 6.11. The normalized spacial score (nSPS) is 11.1. The van der Waals surface area contributed by atoms with E-state index < -0.39 is 15.9 Å². The number of hydrogen-bond donors (Lipinski definition) is 1. The first-order valence-electron chi connectivity index (χ1n) is 10.4. The number of anilines is 1. The Balaban J connectivity index is 1.69. The third-order valence-electron chi connectivity index (χ3n) is 4.93. The van der Waals surface area contributed by atoms with Crippen LogP contribution in [0.5, 0.6) is 5.75 Å². The van der Waals surface area contributed by atoms with E-state index in [1.54, 1.807) is 36.4 Å². The first-order chi connectivity index (χ1) is 15.3. The zero-order valence-corrected chi connectivity index (χ0v) is 19.4. The molecule has 0 aliphatic carbocycles. The van der Waals surface area contributed by atoms with Crippen LogP contribution in [-0.4, -0.2) is 34.0 Å². The number of ether oxygens (including phenoxy) is 1. The Hall–Kier alpha value is -3.32. The fourth-order valence-corrected chi connectivity index (χ4v) is 4.46. The molecule has 0 spiro atoms. The fourth-order valence-electron chi connectivity index (χ4n) is 3.04. The summed E-state index contributed by atoms with van der Waals surface area (Å²) in [5.41, 5.74) is 3.52. The van der Waals surface area contributed by atoms with Crippen LogP contribution in [0.15, 0.2) is 77.7 Å². The van der Waals surface area contributed by atoms with Gasteiger partial charge in [0.05, 0.1) is 17.1 Å². The molecule has 0 aromatic heterocycles. The third-order valence-corrected chi connectivity index (χ3v) is 6.72.